The zero-order valence-corrected chi connectivity index (χ0v) is 83.2. The number of anilines is 4. The van der Waals surface area contributed by atoms with Crippen molar-refractivity contribution in [3.63, 3.8) is 0 Å². The normalized spacial score (nSPS) is 22.8. The van der Waals surface area contributed by atoms with Gasteiger partial charge in [-0.2, -0.15) is 0 Å². The standard InChI is InChI=1S/C26H42N2O5S.C24H32N2O.C22H28N2O.C17H26N2O.C11H21BrO4S.CH3.Pd/c1-25(2,3)33-24(29)8-6-14-34(30,31)15-7-13-32-22-11-9-21(10-12-22)28-19-20-16-26(4,5)23(28)18-27-17-20;1-4-27-22-12-10-21(11-13-22)26-17-20-14-24(2,3)23(26)18-25(16-20)15-19-8-6-5-7-9-19;1-22(2)12-18-14-23(13-17-6-4-3-5-7-17)16-21(22)24(15-18)19-8-10-20(25)11-9-19;1-4-20-15-7-5-14(6-8-15)19-12-13-9-17(2,3)16(19)11-18-10-13;1-11(2,3)16-10(13)6-4-8-17(14,15)9-5-7-12;;/h9-12,20,23,27H,6-8,13-19H2,1-5H3;5-13,20,23H,4,14-18H2,1-3H3;3-11,18,21,25H,12-16H2,1-2H3;5-8,13,16,18H,4,9-12H2,1-3H3;4-9H2,1-3H3;1H3;/q;;;;;-1;/t2*20-,23-;18-,21-;13-,16-;;;/m1111.../s1. The van der Waals surface area contributed by atoms with Gasteiger partial charge in [-0.05, 0) is 273 Å². The van der Waals surface area contributed by atoms with Gasteiger partial charge < -0.3 is 66.5 Å². The summed E-state index contributed by atoms with van der Waals surface area (Å²) in [6.07, 6.45) is 7.11. The second-order valence-corrected chi connectivity index (χ2v) is 45.8. The Morgan fingerprint density at radius 3 is 1.08 bits per heavy atom. The van der Waals surface area contributed by atoms with Gasteiger partial charge >= 0.3 is 11.9 Å². The Morgan fingerprint density at radius 2 is 0.728 bits per heavy atom. The summed E-state index contributed by atoms with van der Waals surface area (Å²) >= 11 is 3.19. The number of esters is 2. The quantitative estimate of drug-likeness (QED) is 0.0137. The van der Waals surface area contributed by atoms with Crippen molar-refractivity contribution in [2.24, 2.45) is 45.3 Å². The first-order chi connectivity index (χ1) is 58.2. The largest absolute Gasteiger partial charge is 0.508 e. The number of carbonyl (C=O) groups excluding carboxylic acids is 2. The molecule has 8 atom stereocenters. The van der Waals surface area contributed by atoms with Crippen LogP contribution in [0.3, 0.4) is 0 Å². The first kappa shape index (κ1) is 104. The van der Waals surface area contributed by atoms with Gasteiger partial charge in [0.05, 0.1) is 42.8 Å². The van der Waals surface area contributed by atoms with E-state index < -0.39 is 30.9 Å². The molecule has 0 spiro atoms. The fourth-order valence-electron chi connectivity index (χ4n) is 20.2. The van der Waals surface area contributed by atoms with E-state index in [9.17, 15) is 31.5 Å². The molecule has 0 amide bonds. The number of halogens is 1. The number of carbonyl (C=O) groups is 2. The maximum Gasteiger partial charge on any atom is 0.306 e. The summed E-state index contributed by atoms with van der Waals surface area (Å²) in [6.45, 7) is 51.5. The number of sulfone groups is 2. The van der Waals surface area contributed by atoms with Crippen LogP contribution in [-0.2, 0) is 72.2 Å². The third-order valence-corrected chi connectivity index (χ3v) is 29.6. The molecule has 0 aromatic heterocycles. The number of fused-ring (bicyclic) bond motifs is 16. The summed E-state index contributed by atoms with van der Waals surface area (Å²) in [5.74, 6) is 5.42. The number of hydrogen-bond acceptors (Lipinski definition) is 20. The molecule has 6 aromatic rings. The molecule has 12 fully saturated rings. The van der Waals surface area contributed by atoms with E-state index in [0.717, 1.165) is 108 Å². The van der Waals surface area contributed by atoms with E-state index in [-0.39, 0.29) is 87.5 Å². The summed E-state index contributed by atoms with van der Waals surface area (Å²) in [6, 6.07) is 57.1. The van der Waals surface area contributed by atoms with Gasteiger partial charge in [0, 0.05) is 164 Å². The molecule has 12 aliphatic rings. The average Bonchev–Trinajstić information content (AvgIpc) is 1.70. The van der Waals surface area contributed by atoms with Gasteiger partial charge in [-0.15, -0.1) is 0 Å². The molecule has 6 aromatic carbocycles. The molecule has 12 aliphatic heterocycles. The van der Waals surface area contributed by atoms with Gasteiger partial charge in [0.1, 0.15) is 53.9 Å². The third-order valence-electron chi connectivity index (χ3n) is 25.4. The minimum Gasteiger partial charge on any atom is -0.508 e. The Labute approximate surface area is 775 Å². The molecule has 0 unspecified atom stereocenters. The maximum absolute atomic E-state index is 12.3. The number of nitrogens with zero attached hydrogens (tertiary/aromatic N) is 6. The number of benzene rings is 6. The van der Waals surface area contributed by atoms with Crippen molar-refractivity contribution in [3.8, 4) is 23.0 Å². The molecule has 0 radical (unpaired) electrons. The average molecular weight is 1920 g/mol. The van der Waals surface area contributed by atoms with E-state index in [0.29, 0.717) is 95.1 Å². The van der Waals surface area contributed by atoms with E-state index in [1.54, 1.807) is 41.5 Å². The van der Waals surface area contributed by atoms with Crippen molar-refractivity contribution in [2.45, 2.75) is 223 Å². The fraction of sp³-hybridized carbons (Fsp3) is 0.614. The zero-order valence-electron chi connectivity index (χ0n) is 78.4. The number of phenols is 1. The van der Waals surface area contributed by atoms with Crippen LogP contribution in [0.15, 0.2) is 158 Å². The number of alkyl halides is 1. The molecule has 12 saturated heterocycles. The molecule has 24 heteroatoms. The molecule has 0 aliphatic carbocycles. The van der Waals surface area contributed by atoms with Crippen molar-refractivity contribution in [2.75, 3.05) is 146 Å². The second-order valence-electron chi connectivity index (χ2n) is 40.4. The predicted octanol–water partition coefficient (Wildman–Crippen LogP) is 18.4. The third kappa shape index (κ3) is 32.3. The van der Waals surface area contributed by atoms with Crippen LogP contribution in [0, 0.1) is 52.8 Å². The number of rotatable bonds is 28. The Morgan fingerprint density at radius 1 is 0.416 bits per heavy atom. The Hall–Kier alpha value is -6.46. The number of ether oxygens (including phenoxy) is 5. The summed E-state index contributed by atoms with van der Waals surface area (Å²) < 4.78 is 74.8. The van der Waals surface area contributed by atoms with Crippen molar-refractivity contribution in [1.29, 1.82) is 0 Å². The summed E-state index contributed by atoms with van der Waals surface area (Å²) in [7, 11) is -6.24. The van der Waals surface area contributed by atoms with Crippen LogP contribution in [0.2, 0.25) is 0 Å². The minimum absolute atomic E-state index is 0. The van der Waals surface area contributed by atoms with Crippen molar-refractivity contribution < 1.29 is 75.6 Å². The van der Waals surface area contributed by atoms with E-state index in [1.165, 1.54) is 79.2 Å². The summed E-state index contributed by atoms with van der Waals surface area (Å²) in [5, 5.41) is 17.5. The van der Waals surface area contributed by atoms with Gasteiger partial charge in [-0.1, -0.05) is 132 Å². The van der Waals surface area contributed by atoms with E-state index in [1.807, 2.05) is 38.1 Å². The molecule has 125 heavy (non-hydrogen) atoms. The smallest absolute Gasteiger partial charge is 0.306 e. The Balaban J connectivity index is 0.000000196. The van der Waals surface area contributed by atoms with Crippen LogP contribution in [0.4, 0.5) is 22.7 Å². The number of aromatic hydroxyl groups is 1. The minimum atomic E-state index is -3.22. The Bertz CT molecular complexity index is 4460. The first-order valence-electron chi connectivity index (χ1n) is 45.6. The molecule has 20 nitrogen and oxygen atoms in total. The predicted molar refractivity (Wildman–Crippen MR) is 513 cm³/mol. The number of nitrogens with one attached hydrogen (secondary N) is 2. The second kappa shape index (κ2) is 46.9. The summed E-state index contributed by atoms with van der Waals surface area (Å²) in [5.41, 5.74) is 8.17. The zero-order chi connectivity index (χ0) is 89.0. The van der Waals surface area contributed by atoms with Gasteiger partial charge in [0.25, 0.3) is 0 Å². The van der Waals surface area contributed by atoms with E-state index in [4.69, 9.17) is 23.7 Å². The van der Waals surface area contributed by atoms with Crippen molar-refractivity contribution in [3.05, 3.63) is 176 Å². The Kier molecular flexibility index (Phi) is 39.0. The SMILES string of the molecule is CC(C)(C)OC(=O)CCCS(=O)(=O)CCCBr.CC(C)(C)OC(=O)CCCS(=O)(=O)CCCOc1ccc(N2C[C@H]3CNC[C@@H]2C(C)(C)C3)cc1.CC1(C)C[C@@H]2CN(Cc3ccccc3)C[C@H]1N(c1ccc(O)cc1)C2.CCOc1ccc(N2C[C@H]3CN(Cc4ccccc4)C[C@@H]2C(C)(C)C3)cc1.CCOc1ccc(N2C[C@H]3CNC[C@@H]2C(C)(C)C3)cc1.[CH3-].[Pd]. The van der Waals surface area contributed by atoms with Crippen LogP contribution in [0.5, 0.6) is 23.0 Å². The molecular formula is C101H152BrN8O12PdS2-. The number of hydrogen-bond donors (Lipinski definition) is 3. The molecule has 8 bridgehead atoms. The molecule has 3 N–H and O–H groups in total. The first-order valence-corrected chi connectivity index (χ1v) is 50.3. The molecule has 698 valence electrons. The topological polar surface area (TPSA) is 212 Å². The summed E-state index contributed by atoms with van der Waals surface area (Å²) in [4.78, 5) is 38.8. The van der Waals surface area contributed by atoms with Gasteiger partial charge in [0.15, 0.2) is 0 Å². The van der Waals surface area contributed by atoms with Crippen molar-refractivity contribution >= 4 is 70.3 Å². The molecule has 18 rings (SSSR count). The van der Waals surface area contributed by atoms with Gasteiger partial charge in [0.2, 0.25) is 0 Å². The molecule has 12 heterocycles. The van der Waals surface area contributed by atoms with Crippen LogP contribution in [-0.4, -0.2) is 206 Å². The number of piperidine rings is 4. The molecular weight excluding hydrogens is 1770 g/mol. The van der Waals surface area contributed by atoms with Crippen molar-refractivity contribution in [1.82, 2.24) is 20.4 Å². The number of phenolic OH excluding ortho intramolecular Hbond substituents is 1. The van der Waals surface area contributed by atoms with Gasteiger partial charge in [-0.25, -0.2) is 16.8 Å². The van der Waals surface area contributed by atoms with E-state index in [2.05, 4.69) is 245 Å². The molecule has 0 saturated carbocycles. The van der Waals surface area contributed by atoms with Crippen LogP contribution in [0.25, 0.3) is 0 Å². The monoisotopic (exact) mass is 1920 g/mol. The van der Waals surface area contributed by atoms with Crippen LogP contribution in [0.1, 0.15) is 186 Å². The van der Waals surface area contributed by atoms with Gasteiger partial charge in [-0.3, -0.25) is 19.4 Å². The fourth-order valence-corrected chi connectivity index (χ4v) is 23.5. The van der Waals surface area contributed by atoms with Crippen LogP contribution < -0.4 is 44.4 Å². The van der Waals surface area contributed by atoms with E-state index >= 15 is 0 Å². The maximum atomic E-state index is 12.3. The van der Waals surface area contributed by atoms with Crippen LogP contribution >= 0.6 is 15.9 Å².